The van der Waals surface area contributed by atoms with E-state index < -0.39 is 0 Å². The van der Waals surface area contributed by atoms with E-state index in [0.29, 0.717) is 6.04 Å². The van der Waals surface area contributed by atoms with Crippen molar-refractivity contribution in [2.24, 2.45) is 0 Å². The lowest BCUT2D eigenvalue weighted by Crippen LogP contribution is -2.59. The molecule has 3 atom stereocenters. The average Bonchev–Trinajstić information content (AvgIpc) is 2.24. The second kappa shape index (κ2) is 4.03. The predicted octanol–water partition coefficient (Wildman–Crippen LogP) is 2.07. The Morgan fingerprint density at radius 1 is 1.36 bits per heavy atom. The number of hydrogen-bond acceptors (Lipinski definition) is 3. The Balaban J connectivity index is 2.10. The minimum Gasteiger partial charge on any atom is -0.377 e. The van der Waals surface area contributed by atoms with E-state index in [1.807, 2.05) is 11.8 Å². The van der Waals surface area contributed by atoms with E-state index in [-0.39, 0.29) is 11.0 Å². The van der Waals surface area contributed by atoms with Crippen molar-refractivity contribution in [1.82, 2.24) is 4.90 Å². The van der Waals surface area contributed by atoms with Gasteiger partial charge in [-0.15, -0.1) is 0 Å². The number of rotatable bonds is 1. The normalized spacial score (nSPS) is 44.8. The Labute approximate surface area is 91.1 Å². The van der Waals surface area contributed by atoms with Crippen molar-refractivity contribution in [1.29, 1.82) is 0 Å². The smallest absolute Gasteiger partial charge is 0.122 e. The van der Waals surface area contributed by atoms with Gasteiger partial charge in [0.15, 0.2) is 0 Å². The van der Waals surface area contributed by atoms with Crippen LogP contribution in [0.15, 0.2) is 0 Å². The van der Waals surface area contributed by atoms with Crippen LogP contribution in [-0.4, -0.2) is 39.8 Å². The highest BCUT2D eigenvalue weighted by Crippen LogP contribution is 2.41. The van der Waals surface area contributed by atoms with E-state index in [9.17, 15) is 5.11 Å². The molecule has 0 aliphatic carbocycles. The van der Waals surface area contributed by atoms with E-state index in [2.05, 4.69) is 18.1 Å². The van der Waals surface area contributed by atoms with Crippen molar-refractivity contribution in [2.75, 3.05) is 12.8 Å². The Hall–Kier alpha value is 0.270. The molecule has 0 radical (unpaired) electrons. The molecule has 2 aliphatic heterocycles. The minimum atomic E-state index is -0.225. The van der Waals surface area contributed by atoms with Crippen LogP contribution in [-0.2, 0) is 0 Å². The third-order valence-corrected chi connectivity index (χ3v) is 5.32. The molecule has 2 rings (SSSR count). The zero-order chi connectivity index (χ0) is 10.2. The van der Waals surface area contributed by atoms with Gasteiger partial charge in [-0.05, 0) is 38.9 Å². The van der Waals surface area contributed by atoms with Crippen LogP contribution in [0, 0.1) is 0 Å². The molecule has 0 amide bonds. The molecule has 2 saturated heterocycles. The fraction of sp³-hybridized carbons (Fsp3) is 1.00. The summed E-state index contributed by atoms with van der Waals surface area (Å²) in [5, 5.41) is 10.3. The van der Waals surface area contributed by atoms with E-state index >= 15 is 0 Å². The van der Waals surface area contributed by atoms with Gasteiger partial charge in [-0.3, -0.25) is 4.90 Å². The maximum absolute atomic E-state index is 10.3. The predicted molar refractivity (Wildman–Crippen MR) is 61.5 cm³/mol. The van der Waals surface area contributed by atoms with Crippen molar-refractivity contribution in [3.63, 3.8) is 0 Å². The lowest BCUT2D eigenvalue weighted by Gasteiger charge is -2.50. The van der Waals surface area contributed by atoms with Gasteiger partial charge in [0.25, 0.3) is 0 Å². The topological polar surface area (TPSA) is 23.5 Å². The minimum absolute atomic E-state index is 0.0633. The highest BCUT2D eigenvalue weighted by atomic mass is 32.2. The van der Waals surface area contributed by atoms with Gasteiger partial charge >= 0.3 is 0 Å². The number of nitrogens with zero attached hydrogens (tertiary/aromatic N) is 1. The fourth-order valence-corrected chi connectivity index (χ4v) is 3.46. The molecule has 2 nitrogen and oxygen atoms in total. The third kappa shape index (κ3) is 1.70. The zero-order valence-electron chi connectivity index (χ0n) is 9.20. The SMILES string of the molecule is CS[C@@]1(C)CC[C@@H]2CCCCN2C1O. The first kappa shape index (κ1) is 10.8. The summed E-state index contributed by atoms with van der Waals surface area (Å²) in [5.41, 5.74) is 0. The lowest BCUT2D eigenvalue weighted by molar-refractivity contribution is -0.0884. The molecule has 1 unspecified atom stereocenters. The number of aliphatic hydroxyl groups is 1. The van der Waals surface area contributed by atoms with Crippen LogP contribution in [0.25, 0.3) is 0 Å². The van der Waals surface area contributed by atoms with Crippen molar-refractivity contribution < 1.29 is 5.11 Å². The molecule has 2 fully saturated rings. The number of aliphatic hydroxyl groups excluding tert-OH is 1. The summed E-state index contributed by atoms with van der Waals surface area (Å²) in [6.07, 6.45) is 8.23. The third-order valence-electron chi connectivity index (χ3n) is 3.97. The van der Waals surface area contributed by atoms with Crippen LogP contribution in [0.5, 0.6) is 0 Å². The molecule has 2 heterocycles. The highest BCUT2D eigenvalue weighted by molar-refractivity contribution is 8.00. The Morgan fingerprint density at radius 3 is 2.86 bits per heavy atom. The van der Waals surface area contributed by atoms with Crippen LogP contribution in [0.3, 0.4) is 0 Å². The lowest BCUT2D eigenvalue weighted by atomic mass is 9.86. The molecule has 0 aromatic rings. The molecular formula is C11H21NOS. The van der Waals surface area contributed by atoms with Crippen LogP contribution in [0.2, 0.25) is 0 Å². The van der Waals surface area contributed by atoms with Gasteiger partial charge in [0.05, 0.1) is 4.75 Å². The van der Waals surface area contributed by atoms with Gasteiger partial charge in [0.1, 0.15) is 6.23 Å². The van der Waals surface area contributed by atoms with Crippen molar-refractivity contribution in [3.05, 3.63) is 0 Å². The molecule has 0 aromatic carbocycles. The summed E-state index contributed by atoms with van der Waals surface area (Å²) < 4.78 is 0.0633. The van der Waals surface area contributed by atoms with Gasteiger partial charge in [-0.25, -0.2) is 0 Å². The molecule has 1 N–H and O–H groups in total. The van der Waals surface area contributed by atoms with Gasteiger partial charge in [-0.1, -0.05) is 6.42 Å². The number of fused-ring (bicyclic) bond motifs is 1. The summed E-state index contributed by atoms with van der Waals surface area (Å²) in [6.45, 7) is 3.30. The summed E-state index contributed by atoms with van der Waals surface area (Å²) in [5.74, 6) is 0. The Morgan fingerprint density at radius 2 is 2.14 bits per heavy atom. The molecule has 0 aromatic heterocycles. The Bertz CT molecular complexity index is 211. The molecule has 0 bridgehead atoms. The Kier molecular flexibility index (Phi) is 3.10. The second-order valence-electron chi connectivity index (χ2n) is 4.82. The van der Waals surface area contributed by atoms with Crippen LogP contribution in [0.1, 0.15) is 39.0 Å². The standard InChI is InChI=1S/C11H21NOS/c1-11(14-2)7-6-9-5-3-4-8-12(9)10(11)13/h9-10,13H,3-8H2,1-2H3/t9-,10?,11-/m0/s1. The summed E-state index contributed by atoms with van der Waals surface area (Å²) in [7, 11) is 0. The largest absolute Gasteiger partial charge is 0.377 e. The zero-order valence-corrected chi connectivity index (χ0v) is 10.0. The van der Waals surface area contributed by atoms with Crippen LogP contribution in [0.4, 0.5) is 0 Å². The highest BCUT2D eigenvalue weighted by Gasteiger charge is 2.44. The second-order valence-corrected chi connectivity index (χ2v) is 6.16. The van der Waals surface area contributed by atoms with Gasteiger partial charge in [-0.2, -0.15) is 11.8 Å². The van der Waals surface area contributed by atoms with Crippen LogP contribution >= 0.6 is 11.8 Å². The summed E-state index contributed by atoms with van der Waals surface area (Å²) in [6, 6.07) is 0.666. The van der Waals surface area contributed by atoms with Crippen molar-refractivity contribution in [3.8, 4) is 0 Å². The first-order valence-corrected chi connectivity index (χ1v) is 6.89. The van der Waals surface area contributed by atoms with Gasteiger partial charge in [0, 0.05) is 12.6 Å². The average molecular weight is 215 g/mol. The molecule has 0 saturated carbocycles. The fourth-order valence-electron chi connectivity index (χ4n) is 2.80. The summed E-state index contributed by atoms with van der Waals surface area (Å²) in [4.78, 5) is 2.34. The number of hydrogen-bond donors (Lipinski definition) is 1. The molecule has 14 heavy (non-hydrogen) atoms. The quantitative estimate of drug-likeness (QED) is 0.724. The van der Waals surface area contributed by atoms with Crippen molar-refractivity contribution in [2.45, 2.75) is 56.0 Å². The summed E-state index contributed by atoms with van der Waals surface area (Å²) >= 11 is 1.82. The van der Waals surface area contributed by atoms with E-state index in [1.54, 1.807) is 0 Å². The van der Waals surface area contributed by atoms with Crippen molar-refractivity contribution >= 4 is 11.8 Å². The van der Waals surface area contributed by atoms with E-state index in [1.165, 1.54) is 25.7 Å². The number of piperidine rings is 2. The maximum Gasteiger partial charge on any atom is 0.122 e. The molecule has 82 valence electrons. The first-order chi connectivity index (χ1) is 6.67. The first-order valence-electron chi connectivity index (χ1n) is 5.66. The molecule has 2 aliphatic rings. The maximum atomic E-state index is 10.3. The molecular weight excluding hydrogens is 194 g/mol. The monoisotopic (exact) mass is 215 g/mol. The van der Waals surface area contributed by atoms with E-state index in [0.717, 1.165) is 13.0 Å². The molecule has 0 spiro atoms. The van der Waals surface area contributed by atoms with Crippen LogP contribution < -0.4 is 0 Å². The van der Waals surface area contributed by atoms with Gasteiger partial charge in [0.2, 0.25) is 0 Å². The van der Waals surface area contributed by atoms with Gasteiger partial charge < -0.3 is 5.11 Å². The number of thioether (sulfide) groups is 1. The van der Waals surface area contributed by atoms with E-state index in [4.69, 9.17) is 0 Å². The molecule has 3 heteroatoms.